The standard InChI is InChI=1S/C17H16F3N3O2/c1-16(22-15(21)23(2)25-16)13-5-3-4-12(10-13)11-6-8-14(9-7-11)24-17(18,19)20/h3-10H,1-2H3,(H2,21,22). The molecule has 0 amide bonds. The minimum Gasteiger partial charge on any atom is -0.406 e. The van der Waals surface area contributed by atoms with Crippen molar-refractivity contribution in [2.24, 2.45) is 10.7 Å². The highest BCUT2D eigenvalue weighted by atomic mass is 19.4. The summed E-state index contributed by atoms with van der Waals surface area (Å²) in [6.07, 6.45) is -4.71. The van der Waals surface area contributed by atoms with Gasteiger partial charge in [0.25, 0.3) is 0 Å². The van der Waals surface area contributed by atoms with Crippen molar-refractivity contribution < 1.29 is 22.7 Å². The Bertz CT molecular complexity index is 806. The lowest BCUT2D eigenvalue weighted by Gasteiger charge is -2.22. The van der Waals surface area contributed by atoms with Gasteiger partial charge in [0.05, 0.1) is 0 Å². The van der Waals surface area contributed by atoms with Crippen LogP contribution in [0, 0.1) is 0 Å². The second kappa shape index (κ2) is 5.96. The monoisotopic (exact) mass is 351 g/mol. The van der Waals surface area contributed by atoms with Gasteiger partial charge in [-0.1, -0.05) is 30.3 Å². The average Bonchev–Trinajstić information content (AvgIpc) is 2.80. The molecule has 25 heavy (non-hydrogen) atoms. The van der Waals surface area contributed by atoms with E-state index in [1.807, 2.05) is 24.3 Å². The van der Waals surface area contributed by atoms with Gasteiger partial charge in [-0.05, 0) is 36.2 Å². The van der Waals surface area contributed by atoms with E-state index in [0.717, 1.165) is 16.7 Å². The largest absolute Gasteiger partial charge is 0.573 e. The molecule has 0 saturated heterocycles. The predicted octanol–water partition coefficient (Wildman–Crippen LogP) is 3.62. The van der Waals surface area contributed by atoms with Crippen LogP contribution in [0.3, 0.4) is 0 Å². The number of halogens is 3. The number of alkyl halides is 3. The van der Waals surface area contributed by atoms with Crippen molar-refractivity contribution >= 4 is 5.96 Å². The molecule has 1 aliphatic rings. The molecule has 1 atom stereocenters. The van der Waals surface area contributed by atoms with Gasteiger partial charge in [-0.3, -0.25) is 0 Å². The molecule has 1 unspecified atom stereocenters. The van der Waals surface area contributed by atoms with Crippen molar-refractivity contribution in [1.29, 1.82) is 0 Å². The van der Waals surface area contributed by atoms with Gasteiger partial charge in [0.1, 0.15) is 5.75 Å². The maximum absolute atomic E-state index is 12.2. The number of hydrogen-bond donors (Lipinski definition) is 1. The first-order valence-corrected chi connectivity index (χ1v) is 7.41. The van der Waals surface area contributed by atoms with Crippen LogP contribution in [0.4, 0.5) is 13.2 Å². The van der Waals surface area contributed by atoms with Crippen molar-refractivity contribution in [3.8, 4) is 16.9 Å². The van der Waals surface area contributed by atoms with Gasteiger partial charge in [-0.15, -0.1) is 13.2 Å². The molecule has 5 nitrogen and oxygen atoms in total. The van der Waals surface area contributed by atoms with Crippen LogP contribution >= 0.6 is 0 Å². The maximum Gasteiger partial charge on any atom is 0.573 e. The van der Waals surface area contributed by atoms with Crippen molar-refractivity contribution in [2.75, 3.05) is 7.05 Å². The minimum atomic E-state index is -4.71. The fourth-order valence-corrected chi connectivity index (χ4v) is 2.58. The quantitative estimate of drug-likeness (QED) is 0.918. The van der Waals surface area contributed by atoms with E-state index in [0.29, 0.717) is 0 Å². The van der Waals surface area contributed by atoms with Crippen LogP contribution in [0.25, 0.3) is 11.1 Å². The third-order valence-corrected chi connectivity index (χ3v) is 3.78. The summed E-state index contributed by atoms with van der Waals surface area (Å²) in [7, 11) is 1.66. The Morgan fingerprint density at radius 2 is 1.80 bits per heavy atom. The summed E-state index contributed by atoms with van der Waals surface area (Å²) in [5.74, 6) is -0.000883. The van der Waals surface area contributed by atoms with E-state index in [1.54, 1.807) is 26.1 Å². The van der Waals surface area contributed by atoms with E-state index in [4.69, 9.17) is 10.6 Å². The number of aliphatic imine (C=N–C) groups is 1. The maximum atomic E-state index is 12.2. The lowest BCUT2D eigenvalue weighted by Crippen LogP contribution is -2.30. The van der Waals surface area contributed by atoms with E-state index in [1.165, 1.54) is 17.2 Å². The average molecular weight is 351 g/mol. The van der Waals surface area contributed by atoms with Gasteiger partial charge in [0.15, 0.2) is 0 Å². The highest BCUT2D eigenvalue weighted by Crippen LogP contribution is 2.34. The fraction of sp³-hybridized carbons (Fsp3) is 0.235. The Hall–Kier alpha value is -2.74. The van der Waals surface area contributed by atoms with Crippen LogP contribution in [-0.4, -0.2) is 24.4 Å². The number of hydrogen-bond acceptors (Lipinski definition) is 5. The van der Waals surface area contributed by atoms with Crippen molar-refractivity contribution in [3.05, 3.63) is 54.1 Å². The summed E-state index contributed by atoms with van der Waals surface area (Å²) in [6, 6.07) is 13.0. The zero-order valence-electron chi connectivity index (χ0n) is 13.5. The molecular weight excluding hydrogens is 335 g/mol. The first-order chi connectivity index (χ1) is 11.7. The Morgan fingerprint density at radius 3 is 2.36 bits per heavy atom. The molecular formula is C17H16F3N3O2. The van der Waals surface area contributed by atoms with Gasteiger partial charge in [-0.2, -0.15) is 0 Å². The van der Waals surface area contributed by atoms with Gasteiger partial charge in [-0.25, -0.2) is 14.9 Å². The van der Waals surface area contributed by atoms with Crippen LogP contribution in [0.15, 0.2) is 53.5 Å². The third kappa shape index (κ3) is 3.69. The number of nitrogens with zero attached hydrogens (tertiary/aromatic N) is 2. The molecule has 0 saturated carbocycles. The summed E-state index contributed by atoms with van der Waals surface area (Å²) in [5, 5.41) is 1.38. The normalized spacial score (nSPS) is 20.5. The van der Waals surface area contributed by atoms with Crippen LogP contribution in [0.1, 0.15) is 12.5 Å². The molecule has 2 N–H and O–H groups in total. The molecule has 3 rings (SSSR count). The lowest BCUT2D eigenvalue weighted by molar-refractivity contribution is -0.274. The molecule has 0 bridgehead atoms. The van der Waals surface area contributed by atoms with Crippen molar-refractivity contribution in [2.45, 2.75) is 19.0 Å². The van der Waals surface area contributed by atoms with Crippen LogP contribution in [-0.2, 0) is 10.6 Å². The Labute approximate surface area is 142 Å². The third-order valence-electron chi connectivity index (χ3n) is 3.78. The van der Waals surface area contributed by atoms with Gasteiger partial charge in [0, 0.05) is 12.6 Å². The van der Waals surface area contributed by atoms with E-state index < -0.39 is 12.1 Å². The molecule has 0 aromatic heterocycles. The van der Waals surface area contributed by atoms with Crippen molar-refractivity contribution in [3.63, 3.8) is 0 Å². The summed E-state index contributed by atoms with van der Waals surface area (Å²) >= 11 is 0. The van der Waals surface area contributed by atoms with Crippen LogP contribution in [0.5, 0.6) is 5.75 Å². The highest BCUT2D eigenvalue weighted by Gasteiger charge is 2.36. The Kier molecular flexibility index (Phi) is 4.08. The molecule has 8 heteroatoms. The summed E-state index contributed by atoms with van der Waals surface area (Å²) in [4.78, 5) is 9.99. The van der Waals surface area contributed by atoms with E-state index in [2.05, 4.69) is 9.73 Å². The first kappa shape index (κ1) is 17.1. The topological polar surface area (TPSA) is 60.1 Å². The van der Waals surface area contributed by atoms with E-state index in [9.17, 15) is 13.2 Å². The zero-order valence-corrected chi connectivity index (χ0v) is 13.5. The number of hydroxylamine groups is 2. The van der Waals surface area contributed by atoms with Crippen LogP contribution in [0.2, 0.25) is 0 Å². The zero-order chi connectivity index (χ0) is 18.2. The molecule has 0 aliphatic carbocycles. The van der Waals surface area contributed by atoms with E-state index in [-0.39, 0.29) is 11.7 Å². The molecule has 132 valence electrons. The predicted molar refractivity (Wildman–Crippen MR) is 86.4 cm³/mol. The number of guanidine groups is 1. The van der Waals surface area contributed by atoms with E-state index >= 15 is 0 Å². The molecule has 0 spiro atoms. The summed E-state index contributed by atoms with van der Waals surface area (Å²) < 4.78 is 40.6. The molecule has 1 heterocycles. The Morgan fingerprint density at radius 1 is 1.12 bits per heavy atom. The fourth-order valence-electron chi connectivity index (χ4n) is 2.58. The van der Waals surface area contributed by atoms with Gasteiger partial charge >= 0.3 is 6.36 Å². The van der Waals surface area contributed by atoms with Crippen LogP contribution < -0.4 is 10.5 Å². The SMILES string of the molecule is CN1OC(C)(c2cccc(-c3ccc(OC(F)(F)F)cc3)c2)N=C1N. The molecule has 2 aromatic carbocycles. The summed E-state index contributed by atoms with van der Waals surface area (Å²) in [5.41, 5.74) is 7.12. The number of benzene rings is 2. The number of rotatable bonds is 3. The second-order valence-corrected chi connectivity index (χ2v) is 5.69. The smallest absolute Gasteiger partial charge is 0.406 e. The highest BCUT2D eigenvalue weighted by molar-refractivity contribution is 5.78. The molecule has 1 aliphatic heterocycles. The molecule has 0 radical (unpaired) electrons. The first-order valence-electron chi connectivity index (χ1n) is 7.41. The van der Waals surface area contributed by atoms with Gasteiger partial charge < -0.3 is 10.5 Å². The van der Waals surface area contributed by atoms with Crippen molar-refractivity contribution in [1.82, 2.24) is 5.06 Å². The molecule has 0 fully saturated rings. The lowest BCUT2D eigenvalue weighted by atomic mass is 9.98. The Balaban J connectivity index is 1.87. The second-order valence-electron chi connectivity index (χ2n) is 5.69. The minimum absolute atomic E-state index is 0.265. The number of nitrogens with two attached hydrogens (primary N) is 1. The summed E-state index contributed by atoms with van der Waals surface area (Å²) in [6.45, 7) is 1.78. The van der Waals surface area contributed by atoms with Gasteiger partial charge in [0.2, 0.25) is 11.7 Å². The molecule has 2 aromatic rings. The number of ether oxygens (including phenoxy) is 1.